The van der Waals surface area contributed by atoms with Crippen molar-refractivity contribution in [2.75, 3.05) is 0 Å². The molecular weight excluding hydrogens is 130 g/mol. The van der Waals surface area contributed by atoms with Gasteiger partial charge < -0.3 is 10.1 Å². The number of hydrogen-bond donors (Lipinski definition) is 1. The van der Waals surface area contributed by atoms with Gasteiger partial charge in [-0.3, -0.25) is 4.79 Å². The normalized spacial score (nSPS) is 10.7. The van der Waals surface area contributed by atoms with Gasteiger partial charge in [-0.15, -0.1) is 0 Å². The summed E-state index contributed by atoms with van der Waals surface area (Å²) in [5.74, 6) is -0.270. The van der Waals surface area contributed by atoms with Crippen LogP contribution in [0.25, 0.3) is 0 Å². The number of ether oxygens (including phenoxy) is 1. The van der Waals surface area contributed by atoms with Crippen LogP contribution in [0, 0.1) is 5.41 Å². The van der Waals surface area contributed by atoms with E-state index in [9.17, 15) is 4.79 Å². The summed E-state index contributed by atoms with van der Waals surface area (Å²) in [6, 6.07) is 0. The summed E-state index contributed by atoms with van der Waals surface area (Å²) in [5, 5.41) is 6.87. The fraction of sp³-hybridized carbons (Fsp3) is 0.714. The van der Waals surface area contributed by atoms with Crippen molar-refractivity contribution in [3.8, 4) is 0 Å². The van der Waals surface area contributed by atoms with Crippen LogP contribution in [0.1, 0.15) is 27.2 Å². The van der Waals surface area contributed by atoms with E-state index < -0.39 is 5.60 Å². The Balaban J connectivity index is 3.88. The molecule has 0 atom stereocenters. The van der Waals surface area contributed by atoms with Crippen molar-refractivity contribution in [2.45, 2.75) is 32.8 Å². The monoisotopic (exact) mass is 143 g/mol. The molecule has 3 nitrogen and oxygen atoms in total. The van der Waals surface area contributed by atoms with Gasteiger partial charge in [0, 0.05) is 12.6 Å². The molecule has 1 N–H and O–H groups in total. The van der Waals surface area contributed by atoms with E-state index in [0.29, 0.717) is 6.42 Å². The predicted molar refractivity (Wildman–Crippen MR) is 39.2 cm³/mol. The largest absolute Gasteiger partial charge is 0.454 e. The van der Waals surface area contributed by atoms with Gasteiger partial charge in [0.25, 0.3) is 0 Å². The van der Waals surface area contributed by atoms with Gasteiger partial charge in [-0.2, -0.15) is 0 Å². The number of rotatable bonds is 3. The first-order chi connectivity index (χ1) is 4.52. The van der Waals surface area contributed by atoms with Crippen molar-refractivity contribution in [1.82, 2.24) is 0 Å². The first-order valence-corrected chi connectivity index (χ1v) is 3.25. The van der Waals surface area contributed by atoms with Gasteiger partial charge in [0.05, 0.1) is 0 Å². The highest BCUT2D eigenvalue weighted by Gasteiger charge is 2.17. The molecule has 0 aromatic carbocycles. The zero-order valence-electron chi connectivity index (χ0n) is 6.60. The maximum atomic E-state index is 10.7. The third-order valence-corrected chi connectivity index (χ3v) is 1.01. The number of carbonyl (C=O) groups is 1. The van der Waals surface area contributed by atoms with Gasteiger partial charge >= 0.3 is 5.97 Å². The molecule has 0 aliphatic rings. The summed E-state index contributed by atoms with van der Waals surface area (Å²) in [7, 11) is 0. The van der Waals surface area contributed by atoms with E-state index in [1.807, 2.05) is 0 Å². The Morgan fingerprint density at radius 1 is 1.70 bits per heavy atom. The minimum atomic E-state index is -0.743. The van der Waals surface area contributed by atoms with Crippen LogP contribution >= 0.6 is 0 Å². The summed E-state index contributed by atoms with van der Waals surface area (Å²) in [5.41, 5.74) is -0.743. The molecular formula is C7H13NO2. The summed E-state index contributed by atoms with van der Waals surface area (Å²) in [6.45, 7) is 5.07. The second kappa shape index (κ2) is 3.34. The third kappa shape index (κ3) is 3.22. The van der Waals surface area contributed by atoms with Crippen molar-refractivity contribution in [3.05, 3.63) is 0 Å². The van der Waals surface area contributed by atoms with Gasteiger partial charge in [0.1, 0.15) is 5.60 Å². The topological polar surface area (TPSA) is 50.2 Å². The lowest BCUT2D eigenvalue weighted by Gasteiger charge is -2.18. The predicted octanol–water partition coefficient (Wildman–Crippen LogP) is 1.37. The van der Waals surface area contributed by atoms with Gasteiger partial charge in [-0.05, 0) is 13.8 Å². The molecule has 0 amide bonds. The smallest absolute Gasteiger partial charge is 0.306 e. The van der Waals surface area contributed by atoms with E-state index in [0.717, 1.165) is 6.21 Å². The molecule has 3 heteroatoms. The Kier molecular flexibility index (Phi) is 3.06. The molecule has 0 saturated heterocycles. The Morgan fingerprint density at radius 3 is 2.50 bits per heavy atom. The van der Waals surface area contributed by atoms with Gasteiger partial charge in [0.15, 0.2) is 0 Å². The van der Waals surface area contributed by atoms with E-state index >= 15 is 0 Å². The summed E-state index contributed by atoms with van der Waals surface area (Å²) in [4.78, 5) is 10.7. The molecule has 58 valence electrons. The van der Waals surface area contributed by atoms with Crippen molar-refractivity contribution in [1.29, 1.82) is 5.41 Å². The van der Waals surface area contributed by atoms with Crippen molar-refractivity contribution in [3.63, 3.8) is 0 Å². The third-order valence-electron chi connectivity index (χ3n) is 1.01. The van der Waals surface area contributed by atoms with Gasteiger partial charge in [-0.25, -0.2) is 0 Å². The second-order valence-electron chi connectivity index (χ2n) is 2.58. The first-order valence-electron chi connectivity index (χ1n) is 3.25. The molecule has 0 fully saturated rings. The summed E-state index contributed by atoms with van der Waals surface area (Å²) >= 11 is 0. The minimum Gasteiger partial charge on any atom is -0.454 e. The molecule has 0 aliphatic heterocycles. The van der Waals surface area contributed by atoms with Crippen molar-refractivity contribution in [2.24, 2.45) is 0 Å². The van der Waals surface area contributed by atoms with E-state index in [1.54, 1.807) is 20.8 Å². The molecule has 0 unspecified atom stereocenters. The summed E-state index contributed by atoms with van der Waals surface area (Å²) in [6.07, 6.45) is 1.47. The average molecular weight is 143 g/mol. The summed E-state index contributed by atoms with van der Waals surface area (Å²) < 4.78 is 4.85. The Morgan fingerprint density at radius 2 is 2.20 bits per heavy atom. The van der Waals surface area contributed by atoms with Crippen LogP contribution in [-0.4, -0.2) is 17.8 Å². The SMILES string of the molecule is CCC(=O)OC(C)(C)C=N. The molecule has 0 aliphatic carbocycles. The minimum absolute atomic E-state index is 0.270. The number of nitrogens with one attached hydrogen (secondary N) is 1. The fourth-order valence-electron chi connectivity index (χ4n) is 0.395. The Labute approximate surface area is 60.9 Å². The number of hydrogen-bond acceptors (Lipinski definition) is 3. The van der Waals surface area contributed by atoms with E-state index in [1.165, 1.54) is 0 Å². The maximum absolute atomic E-state index is 10.7. The molecule has 0 aromatic heterocycles. The highest BCUT2D eigenvalue weighted by atomic mass is 16.6. The van der Waals surface area contributed by atoms with Crippen molar-refractivity contribution >= 4 is 12.2 Å². The van der Waals surface area contributed by atoms with Gasteiger partial charge in [-0.1, -0.05) is 6.92 Å². The standard InChI is InChI=1S/C7H13NO2/c1-4-6(9)10-7(2,3)5-8/h5,8H,4H2,1-3H3. The second-order valence-corrected chi connectivity index (χ2v) is 2.58. The van der Waals surface area contributed by atoms with Crippen LogP contribution in [0.15, 0.2) is 0 Å². The van der Waals surface area contributed by atoms with Crippen LogP contribution in [0.4, 0.5) is 0 Å². The lowest BCUT2D eigenvalue weighted by atomic mass is 10.2. The van der Waals surface area contributed by atoms with Crippen LogP contribution in [0.5, 0.6) is 0 Å². The Hall–Kier alpha value is -0.860. The molecule has 0 aromatic rings. The molecule has 0 heterocycles. The van der Waals surface area contributed by atoms with Crippen molar-refractivity contribution < 1.29 is 9.53 Å². The van der Waals surface area contributed by atoms with E-state index in [4.69, 9.17) is 10.1 Å². The molecule has 0 spiro atoms. The lowest BCUT2D eigenvalue weighted by molar-refractivity contribution is -0.150. The molecule has 0 saturated carbocycles. The maximum Gasteiger partial charge on any atom is 0.306 e. The highest BCUT2D eigenvalue weighted by molar-refractivity contribution is 5.74. The van der Waals surface area contributed by atoms with Crippen LogP contribution in [0.3, 0.4) is 0 Å². The van der Waals surface area contributed by atoms with E-state index in [2.05, 4.69) is 0 Å². The van der Waals surface area contributed by atoms with Crippen LogP contribution < -0.4 is 0 Å². The van der Waals surface area contributed by atoms with Crippen LogP contribution in [0.2, 0.25) is 0 Å². The van der Waals surface area contributed by atoms with Gasteiger partial charge in [0.2, 0.25) is 0 Å². The molecule has 0 bridgehead atoms. The first kappa shape index (κ1) is 9.14. The lowest BCUT2D eigenvalue weighted by Crippen LogP contribution is -2.28. The molecule has 10 heavy (non-hydrogen) atoms. The Bertz CT molecular complexity index is 141. The molecule has 0 rings (SSSR count). The fourth-order valence-corrected chi connectivity index (χ4v) is 0.395. The number of carbonyl (C=O) groups excluding carboxylic acids is 1. The average Bonchev–Trinajstić information content (AvgIpc) is 1.87. The zero-order chi connectivity index (χ0) is 8.20. The van der Waals surface area contributed by atoms with Crippen LogP contribution in [-0.2, 0) is 9.53 Å². The zero-order valence-corrected chi connectivity index (χ0v) is 6.60. The number of esters is 1. The highest BCUT2D eigenvalue weighted by Crippen LogP contribution is 2.05. The van der Waals surface area contributed by atoms with E-state index in [-0.39, 0.29) is 5.97 Å². The molecule has 0 radical (unpaired) electrons. The quantitative estimate of drug-likeness (QED) is 0.479.